The summed E-state index contributed by atoms with van der Waals surface area (Å²) in [6, 6.07) is 3.55. The summed E-state index contributed by atoms with van der Waals surface area (Å²) in [5.41, 5.74) is 5.60. The van der Waals surface area contributed by atoms with Crippen molar-refractivity contribution in [1.29, 1.82) is 0 Å². The third kappa shape index (κ3) is 27.4. The number of nitrogens with two attached hydrogens (primary N) is 1. The number of ether oxygens (including phenoxy) is 6. The summed E-state index contributed by atoms with van der Waals surface area (Å²) in [5, 5.41) is 11.4. The zero-order chi connectivity index (χ0) is 51.9. The van der Waals surface area contributed by atoms with E-state index in [1.54, 1.807) is 89.3 Å². The third-order valence-corrected chi connectivity index (χ3v) is 9.33. The second-order valence-corrected chi connectivity index (χ2v) is 13.6. The van der Waals surface area contributed by atoms with E-state index in [1.165, 1.54) is 25.7 Å². The Morgan fingerprint density at radius 1 is 0.618 bits per heavy atom. The van der Waals surface area contributed by atoms with E-state index in [2.05, 4.69) is 41.2 Å². The van der Waals surface area contributed by atoms with Crippen molar-refractivity contribution >= 4 is 70.7 Å². The second-order valence-electron chi connectivity index (χ2n) is 12.7. The van der Waals surface area contributed by atoms with E-state index in [4.69, 9.17) is 57.4 Å². The number of carbonyl (C=O) groups excluding carboxylic acids is 6. The SMILES string of the molecule is C.CC=C(Cl)C(C(=O)OCC)C(=O)OCC.CCN(CC)CC.CCOC(=O)C(C(=O)OCC)=C(CC)Nc1ccnn1CC.CCOC(=O)C(C(=O)OCC)=C(Cl)CC.CCn1nccc1N. The molecule has 0 aromatic carbocycles. The average Bonchev–Trinajstić information content (AvgIpc) is 3.95. The van der Waals surface area contributed by atoms with Crippen molar-refractivity contribution in [2.24, 2.45) is 5.92 Å². The zero-order valence-corrected chi connectivity index (χ0v) is 43.6. The highest BCUT2D eigenvalue weighted by Crippen LogP contribution is 2.20. The highest BCUT2D eigenvalue weighted by molar-refractivity contribution is 6.35. The minimum Gasteiger partial charge on any atom is -0.465 e. The Hall–Kier alpha value is -5.40. The summed E-state index contributed by atoms with van der Waals surface area (Å²) in [6.07, 6.45) is 5.64. The van der Waals surface area contributed by atoms with Crippen LogP contribution in [0.4, 0.5) is 11.6 Å². The largest absolute Gasteiger partial charge is 0.465 e. The Morgan fingerprint density at radius 2 is 1.00 bits per heavy atom. The molecule has 2 rings (SSSR count). The second kappa shape index (κ2) is 42.9. The molecule has 3 N–H and O–H groups in total. The standard InChI is InChI=1S/C15H23N3O4.2C10H15ClO4.C6H15N.C5H9N3.CH4/c1-5-11(17-12-9-10-16-18(12)6-2)13(14(19)21-7-3)15(20)22-8-4;2*1-4-7(11)8(9(12)14-5-2)10(13)15-6-3;1-4-7(5-2)6-3;1-2-8-5(6)3-4-7-8;/h9-10,17H,5-8H2,1-4H3;4-6H2,1-3H3;4,8H,5-6H2,1-3H3;4-6H2,1-3H3;3-4H,2,6H2,1H3;1H4. The number of rotatable bonds is 22. The van der Waals surface area contributed by atoms with Gasteiger partial charge in [0.2, 0.25) is 0 Å². The van der Waals surface area contributed by atoms with Crippen LogP contribution in [0.3, 0.4) is 0 Å². The van der Waals surface area contributed by atoms with Crippen LogP contribution in [-0.4, -0.2) is 120 Å². The topological polar surface area (TPSA) is 235 Å². The van der Waals surface area contributed by atoms with Gasteiger partial charge in [-0.3, -0.25) is 14.3 Å². The van der Waals surface area contributed by atoms with Crippen LogP contribution in [0.25, 0.3) is 0 Å². The molecule has 0 amide bonds. The fourth-order valence-corrected chi connectivity index (χ4v) is 5.35. The lowest BCUT2D eigenvalue weighted by atomic mass is 10.1. The number of halogens is 2. The Kier molecular flexibility index (Phi) is 43.7. The molecule has 0 saturated carbocycles. The van der Waals surface area contributed by atoms with E-state index in [9.17, 15) is 28.8 Å². The molecule has 68 heavy (non-hydrogen) atoms. The average molecular weight is 1010 g/mol. The molecule has 0 spiro atoms. The molecule has 0 saturated heterocycles. The van der Waals surface area contributed by atoms with Gasteiger partial charge >= 0.3 is 35.8 Å². The van der Waals surface area contributed by atoms with Gasteiger partial charge < -0.3 is 44.4 Å². The molecule has 0 unspecified atom stereocenters. The maximum absolute atomic E-state index is 12.1. The Balaban J connectivity index is -0.000000396. The number of nitrogens with zero attached hydrogens (tertiary/aromatic N) is 5. The van der Waals surface area contributed by atoms with Crippen LogP contribution in [0.5, 0.6) is 0 Å². The van der Waals surface area contributed by atoms with Gasteiger partial charge in [0.15, 0.2) is 17.1 Å². The minimum absolute atomic E-state index is 0. The van der Waals surface area contributed by atoms with Crippen LogP contribution in [0.15, 0.2) is 57.5 Å². The number of anilines is 2. The van der Waals surface area contributed by atoms with E-state index in [1.807, 2.05) is 20.8 Å². The van der Waals surface area contributed by atoms with Gasteiger partial charge in [-0.2, -0.15) is 10.2 Å². The van der Waals surface area contributed by atoms with Gasteiger partial charge in [-0.05, 0) is 101 Å². The number of aromatic nitrogens is 4. The predicted molar refractivity (Wildman–Crippen MR) is 267 cm³/mol. The Bertz CT molecular complexity index is 1780. The first-order valence-electron chi connectivity index (χ1n) is 22.7. The van der Waals surface area contributed by atoms with Crippen molar-refractivity contribution in [2.75, 3.05) is 70.3 Å². The lowest BCUT2D eigenvalue weighted by Crippen LogP contribution is -2.28. The molecule has 0 fully saturated rings. The number of hydrogen-bond donors (Lipinski definition) is 2. The lowest BCUT2D eigenvalue weighted by molar-refractivity contribution is -0.159. The fraction of sp³-hybridized carbons (Fsp3) is 0.617. The molecule has 0 aliphatic rings. The number of allylic oxidation sites excluding steroid dienone is 3. The number of carbonyl (C=O) groups is 6. The number of nitrogen functional groups attached to an aromatic ring is 1. The number of esters is 6. The highest BCUT2D eigenvalue weighted by Gasteiger charge is 2.32. The number of aryl methyl sites for hydroxylation is 2. The first kappa shape index (κ1) is 69.2. The number of hydrogen-bond acceptors (Lipinski definition) is 17. The van der Waals surface area contributed by atoms with Gasteiger partial charge in [0.1, 0.15) is 11.6 Å². The fourth-order valence-electron chi connectivity index (χ4n) is 5.01. The molecule has 21 heteroatoms. The smallest absolute Gasteiger partial charge is 0.347 e. The molecule has 2 aromatic rings. The molecule has 0 aliphatic carbocycles. The van der Waals surface area contributed by atoms with Gasteiger partial charge in [-0.25, -0.2) is 23.9 Å². The summed E-state index contributed by atoms with van der Waals surface area (Å²) in [5.74, 6) is -3.93. The summed E-state index contributed by atoms with van der Waals surface area (Å²) in [4.78, 5) is 72.2. The summed E-state index contributed by atoms with van der Waals surface area (Å²) < 4.78 is 32.3. The quantitative estimate of drug-likeness (QED) is 0.0370. The van der Waals surface area contributed by atoms with Gasteiger partial charge in [-0.15, -0.1) is 0 Å². The molecule has 19 nitrogen and oxygen atoms in total. The van der Waals surface area contributed by atoms with E-state index in [-0.39, 0.29) is 68.3 Å². The third-order valence-electron chi connectivity index (χ3n) is 8.44. The van der Waals surface area contributed by atoms with Crippen molar-refractivity contribution in [3.05, 3.63) is 57.5 Å². The van der Waals surface area contributed by atoms with Crippen molar-refractivity contribution in [1.82, 2.24) is 24.5 Å². The minimum atomic E-state index is -1.16. The monoisotopic (exact) mass is 1010 g/mol. The van der Waals surface area contributed by atoms with Crippen molar-refractivity contribution in [3.63, 3.8) is 0 Å². The Morgan fingerprint density at radius 3 is 1.28 bits per heavy atom. The van der Waals surface area contributed by atoms with E-state index >= 15 is 0 Å². The van der Waals surface area contributed by atoms with Crippen LogP contribution in [-0.2, 0) is 70.3 Å². The van der Waals surface area contributed by atoms with Gasteiger partial charge in [0.05, 0.1) is 52.0 Å². The van der Waals surface area contributed by atoms with E-state index in [0.29, 0.717) is 30.9 Å². The van der Waals surface area contributed by atoms with Crippen molar-refractivity contribution in [3.8, 4) is 0 Å². The molecule has 390 valence electrons. The molecule has 2 aromatic heterocycles. The molecule has 0 bridgehead atoms. The van der Waals surface area contributed by atoms with Crippen LogP contribution in [0.1, 0.15) is 117 Å². The molecular weight excluding hydrogens is 925 g/mol. The summed E-state index contributed by atoms with van der Waals surface area (Å²) in [7, 11) is 0. The van der Waals surface area contributed by atoms with Crippen molar-refractivity contribution < 1.29 is 57.2 Å². The lowest BCUT2D eigenvalue weighted by Gasteiger charge is -2.15. The maximum Gasteiger partial charge on any atom is 0.347 e. The Labute approximate surface area is 415 Å². The van der Waals surface area contributed by atoms with Crippen LogP contribution in [0.2, 0.25) is 0 Å². The zero-order valence-electron chi connectivity index (χ0n) is 42.1. The van der Waals surface area contributed by atoms with Crippen LogP contribution < -0.4 is 11.1 Å². The first-order valence-corrected chi connectivity index (χ1v) is 23.4. The molecule has 0 atom stereocenters. The maximum atomic E-state index is 12.1. The predicted octanol–water partition coefficient (Wildman–Crippen LogP) is 8.46. The normalized spacial score (nSPS) is 10.0. The highest BCUT2D eigenvalue weighted by atomic mass is 35.5. The van der Waals surface area contributed by atoms with Crippen LogP contribution >= 0.6 is 23.2 Å². The van der Waals surface area contributed by atoms with Gasteiger partial charge in [-0.1, -0.05) is 71.3 Å². The number of nitrogens with one attached hydrogen (secondary N) is 1. The van der Waals surface area contributed by atoms with Gasteiger partial charge in [0, 0.05) is 34.9 Å². The molecule has 0 radical (unpaired) electrons. The molecular formula is C47H81Cl2N7O12. The van der Waals surface area contributed by atoms with E-state index in [0.717, 1.165) is 12.4 Å². The summed E-state index contributed by atoms with van der Waals surface area (Å²) >= 11 is 11.5. The molecule has 0 aliphatic heterocycles. The first-order chi connectivity index (χ1) is 31.9. The molecule has 2 heterocycles. The van der Waals surface area contributed by atoms with E-state index < -0.39 is 41.7 Å². The van der Waals surface area contributed by atoms with Gasteiger partial charge in [0.25, 0.3) is 0 Å². The summed E-state index contributed by atoms with van der Waals surface area (Å²) in [6.45, 7) is 31.9. The van der Waals surface area contributed by atoms with Crippen molar-refractivity contribution in [2.45, 2.75) is 130 Å². The van der Waals surface area contributed by atoms with Crippen LogP contribution in [0, 0.1) is 5.92 Å².